The smallest absolute Gasteiger partial charge is 0.317 e. The molecule has 0 unspecified atom stereocenters. The second-order valence-electron chi connectivity index (χ2n) is 5.91. The lowest BCUT2D eigenvalue weighted by Gasteiger charge is -2.33. The normalized spacial score (nSPS) is 17.6. The van der Waals surface area contributed by atoms with Gasteiger partial charge in [0, 0.05) is 32.2 Å². The van der Waals surface area contributed by atoms with E-state index in [1.165, 1.54) is 0 Å². The third kappa shape index (κ3) is 5.25. The summed E-state index contributed by atoms with van der Waals surface area (Å²) in [5.41, 5.74) is 0. The number of nitrogens with one attached hydrogen (secondary N) is 2. The molecule has 0 atom stereocenters. The van der Waals surface area contributed by atoms with E-state index < -0.39 is 0 Å². The van der Waals surface area contributed by atoms with Crippen molar-refractivity contribution in [1.82, 2.24) is 15.5 Å². The number of nitrogens with zero attached hydrogens (tertiary/aromatic N) is 1. The second kappa shape index (κ2) is 7.62. The van der Waals surface area contributed by atoms with Crippen molar-refractivity contribution in [2.24, 2.45) is 11.8 Å². The Labute approximate surface area is 111 Å². The minimum absolute atomic E-state index is 0.0998. The van der Waals surface area contributed by atoms with E-state index in [1.54, 1.807) is 0 Å². The van der Waals surface area contributed by atoms with E-state index >= 15 is 0 Å². The quantitative estimate of drug-likeness (QED) is 0.739. The van der Waals surface area contributed by atoms with Gasteiger partial charge < -0.3 is 15.5 Å². The molecule has 1 aliphatic heterocycles. The van der Waals surface area contributed by atoms with Crippen LogP contribution in [0.3, 0.4) is 0 Å². The van der Waals surface area contributed by atoms with Crippen molar-refractivity contribution < 1.29 is 4.79 Å². The van der Waals surface area contributed by atoms with Crippen LogP contribution in [0.4, 0.5) is 4.79 Å². The summed E-state index contributed by atoms with van der Waals surface area (Å²) in [4.78, 5) is 13.9. The predicted molar refractivity (Wildman–Crippen MR) is 75.7 cm³/mol. The summed E-state index contributed by atoms with van der Waals surface area (Å²) in [5, 5.41) is 6.27. The van der Waals surface area contributed by atoms with Crippen LogP contribution in [0, 0.1) is 11.8 Å². The van der Waals surface area contributed by atoms with E-state index in [2.05, 4.69) is 38.3 Å². The number of likely N-dealkylation sites (tertiary alicyclic amines) is 1. The molecule has 0 aromatic heterocycles. The van der Waals surface area contributed by atoms with E-state index in [0.29, 0.717) is 12.6 Å². The Kier molecular flexibility index (Phi) is 6.47. The lowest BCUT2D eigenvalue weighted by Crippen LogP contribution is -2.46. The molecule has 0 radical (unpaired) electrons. The van der Waals surface area contributed by atoms with Crippen LogP contribution in [-0.4, -0.2) is 43.2 Å². The number of hydrogen-bond donors (Lipinski definition) is 2. The first-order valence-corrected chi connectivity index (χ1v) is 7.27. The Morgan fingerprint density at radius 2 is 1.78 bits per heavy atom. The largest absolute Gasteiger partial charge is 0.337 e. The first-order chi connectivity index (χ1) is 8.50. The Bertz CT molecular complexity index is 245. The molecule has 4 nitrogen and oxygen atoms in total. The van der Waals surface area contributed by atoms with Crippen LogP contribution >= 0.6 is 0 Å². The van der Waals surface area contributed by atoms with Crippen molar-refractivity contribution in [2.45, 2.75) is 46.6 Å². The molecule has 18 heavy (non-hydrogen) atoms. The third-order valence-corrected chi connectivity index (χ3v) is 3.72. The highest BCUT2D eigenvalue weighted by Gasteiger charge is 2.24. The van der Waals surface area contributed by atoms with Crippen LogP contribution in [0.5, 0.6) is 0 Å². The highest BCUT2D eigenvalue weighted by molar-refractivity contribution is 5.74. The van der Waals surface area contributed by atoms with Crippen LogP contribution < -0.4 is 10.6 Å². The lowest BCUT2D eigenvalue weighted by atomic mass is 9.87. The Balaban J connectivity index is 2.16. The van der Waals surface area contributed by atoms with E-state index in [4.69, 9.17) is 0 Å². The summed E-state index contributed by atoms with van der Waals surface area (Å²) in [6, 6.07) is 0.575. The van der Waals surface area contributed by atoms with Crippen LogP contribution in [0.2, 0.25) is 0 Å². The second-order valence-corrected chi connectivity index (χ2v) is 5.91. The van der Waals surface area contributed by atoms with Gasteiger partial charge in [-0.1, -0.05) is 27.7 Å². The van der Waals surface area contributed by atoms with Gasteiger partial charge in [0.05, 0.1) is 0 Å². The summed E-state index contributed by atoms with van der Waals surface area (Å²) < 4.78 is 0. The fraction of sp³-hybridized carbons (Fsp3) is 0.929. The molecule has 1 aliphatic rings. The number of piperidine rings is 1. The number of urea groups is 1. The van der Waals surface area contributed by atoms with E-state index in [9.17, 15) is 4.79 Å². The van der Waals surface area contributed by atoms with Gasteiger partial charge in [0.25, 0.3) is 0 Å². The molecule has 106 valence electrons. The molecule has 1 heterocycles. The standard InChI is InChI=1S/C14H29N3O/c1-11(2)13-5-9-17(10-6-13)14(18)16-8-7-15-12(3)4/h11-13,15H,5-10H2,1-4H3,(H,16,18). The average Bonchev–Trinajstić information content (AvgIpc) is 2.34. The molecule has 1 rings (SSSR count). The molecule has 0 spiro atoms. The zero-order valence-corrected chi connectivity index (χ0v) is 12.3. The zero-order chi connectivity index (χ0) is 13.5. The van der Waals surface area contributed by atoms with Gasteiger partial charge in [-0.15, -0.1) is 0 Å². The highest BCUT2D eigenvalue weighted by Crippen LogP contribution is 2.24. The van der Waals surface area contributed by atoms with Crippen LogP contribution in [0.15, 0.2) is 0 Å². The summed E-state index contributed by atoms with van der Waals surface area (Å²) in [6.07, 6.45) is 2.30. The fourth-order valence-corrected chi connectivity index (χ4v) is 2.41. The van der Waals surface area contributed by atoms with E-state index in [-0.39, 0.29) is 6.03 Å². The predicted octanol–water partition coefficient (Wildman–Crippen LogP) is 2.06. The van der Waals surface area contributed by atoms with Crippen molar-refractivity contribution in [3.63, 3.8) is 0 Å². The number of carbonyl (C=O) groups excluding carboxylic acids is 1. The van der Waals surface area contributed by atoms with Gasteiger partial charge >= 0.3 is 6.03 Å². The maximum atomic E-state index is 11.9. The molecule has 2 amide bonds. The molecule has 4 heteroatoms. The molecular weight excluding hydrogens is 226 g/mol. The third-order valence-electron chi connectivity index (χ3n) is 3.72. The Hall–Kier alpha value is -0.770. The number of amides is 2. The van der Waals surface area contributed by atoms with Gasteiger partial charge in [-0.25, -0.2) is 4.79 Å². The SMILES string of the molecule is CC(C)NCCNC(=O)N1CCC(C(C)C)CC1. The van der Waals surface area contributed by atoms with Gasteiger partial charge in [0.1, 0.15) is 0 Å². The van der Waals surface area contributed by atoms with Gasteiger partial charge in [-0.05, 0) is 24.7 Å². The van der Waals surface area contributed by atoms with E-state index in [0.717, 1.165) is 44.3 Å². The Morgan fingerprint density at radius 3 is 2.28 bits per heavy atom. The molecule has 0 bridgehead atoms. The number of rotatable bonds is 5. The molecule has 0 aromatic rings. The fourth-order valence-electron chi connectivity index (χ4n) is 2.41. The van der Waals surface area contributed by atoms with Gasteiger partial charge in [0.2, 0.25) is 0 Å². The molecule has 2 N–H and O–H groups in total. The highest BCUT2D eigenvalue weighted by atomic mass is 16.2. The minimum atomic E-state index is 0.0998. The van der Waals surface area contributed by atoms with Crippen molar-refractivity contribution in [3.8, 4) is 0 Å². The zero-order valence-electron chi connectivity index (χ0n) is 12.3. The summed E-state index contributed by atoms with van der Waals surface area (Å²) in [5.74, 6) is 1.53. The number of carbonyl (C=O) groups is 1. The Morgan fingerprint density at radius 1 is 1.17 bits per heavy atom. The molecular formula is C14H29N3O. The van der Waals surface area contributed by atoms with Crippen LogP contribution in [-0.2, 0) is 0 Å². The van der Waals surface area contributed by atoms with Gasteiger partial charge in [-0.2, -0.15) is 0 Å². The first kappa shape index (κ1) is 15.3. The monoisotopic (exact) mass is 255 g/mol. The van der Waals surface area contributed by atoms with Crippen molar-refractivity contribution in [3.05, 3.63) is 0 Å². The lowest BCUT2D eigenvalue weighted by molar-refractivity contribution is 0.157. The molecule has 1 saturated heterocycles. The van der Waals surface area contributed by atoms with Crippen molar-refractivity contribution in [1.29, 1.82) is 0 Å². The molecule has 0 saturated carbocycles. The first-order valence-electron chi connectivity index (χ1n) is 7.27. The van der Waals surface area contributed by atoms with Crippen molar-refractivity contribution in [2.75, 3.05) is 26.2 Å². The maximum Gasteiger partial charge on any atom is 0.317 e. The topological polar surface area (TPSA) is 44.4 Å². The van der Waals surface area contributed by atoms with Crippen molar-refractivity contribution >= 4 is 6.03 Å². The van der Waals surface area contributed by atoms with Crippen LogP contribution in [0.1, 0.15) is 40.5 Å². The maximum absolute atomic E-state index is 11.9. The molecule has 1 fully saturated rings. The van der Waals surface area contributed by atoms with E-state index in [1.807, 2.05) is 4.90 Å². The van der Waals surface area contributed by atoms with Crippen LogP contribution in [0.25, 0.3) is 0 Å². The average molecular weight is 255 g/mol. The minimum Gasteiger partial charge on any atom is -0.337 e. The summed E-state index contributed by atoms with van der Waals surface area (Å²) in [7, 11) is 0. The number of hydrogen-bond acceptors (Lipinski definition) is 2. The van der Waals surface area contributed by atoms with Gasteiger partial charge in [-0.3, -0.25) is 0 Å². The molecule has 0 aliphatic carbocycles. The van der Waals surface area contributed by atoms with Gasteiger partial charge in [0.15, 0.2) is 0 Å². The molecule has 0 aromatic carbocycles. The summed E-state index contributed by atoms with van der Waals surface area (Å²) in [6.45, 7) is 12.1. The summed E-state index contributed by atoms with van der Waals surface area (Å²) >= 11 is 0.